The van der Waals surface area contributed by atoms with Crippen LogP contribution in [0.15, 0.2) is 16.6 Å². The van der Waals surface area contributed by atoms with Gasteiger partial charge in [0.15, 0.2) is 0 Å². The molecule has 1 amide bonds. The van der Waals surface area contributed by atoms with Gasteiger partial charge in [-0.25, -0.2) is 8.78 Å². The highest BCUT2D eigenvalue weighted by Crippen LogP contribution is 2.22. The molecule has 0 aliphatic rings. The van der Waals surface area contributed by atoms with E-state index in [1.165, 1.54) is 0 Å². The quantitative estimate of drug-likeness (QED) is 0.761. The summed E-state index contributed by atoms with van der Waals surface area (Å²) in [5.41, 5.74) is -1.01. The van der Waals surface area contributed by atoms with Crippen LogP contribution in [0.5, 0.6) is 0 Å². The second kappa shape index (κ2) is 5.21. The van der Waals surface area contributed by atoms with Crippen molar-refractivity contribution in [3.8, 4) is 0 Å². The van der Waals surface area contributed by atoms with Gasteiger partial charge in [-0.1, -0.05) is 15.9 Å². The maximum Gasteiger partial charge on any atom is 0.406 e. The van der Waals surface area contributed by atoms with E-state index >= 15 is 0 Å². The van der Waals surface area contributed by atoms with Crippen molar-refractivity contribution in [1.29, 1.82) is 0 Å². The minimum Gasteiger partial charge on any atom is -0.332 e. The molecule has 0 saturated heterocycles. The normalized spacial score (nSPS) is 11.5. The average Bonchev–Trinajstić information content (AvgIpc) is 2.12. The zero-order chi connectivity index (χ0) is 14.1. The Hall–Kier alpha value is -1.18. The molecule has 0 aliphatic heterocycles. The third kappa shape index (κ3) is 3.66. The lowest BCUT2D eigenvalue weighted by molar-refractivity contribution is -0.138. The number of hydrogen-bond donors (Lipinski definition) is 0. The van der Waals surface area contributed by atoms with Crippen molar-refractivity contribution in [3.63, 3.8) is 0 Å². The number of nitrogens with zero attached hydrogens (tertiary/aromatic N) is 1. The summed E-state index contributed by atoms with van der Waals surface area (Å²) in [6.07, 6.45) is -4.63. The Morgan fingerprint density at radius 1 is 1.28 bits per heavy atom. The molecule has 1 aromatic carbocycles. The molecule has 8 heteroatoms. The Balaban J connectivity index is 3.05. The molecule has 18 heavy (non-hydrogen) atoms. The molecule has 100 valence electrons. The van der Waals surface area contributed by atoms with Crippen molar-refractivity contribution in [3.05, 3.63) is 33.8 Å². The number of benzene rings is 1. The van der Waals surface area contributed by atoms with Gasteiger partial charge >= 0.3 is 6.18 Å². The molecule has 0 heterocycles. The molecule has 2 nitrogen and oxygen atoms in total. The standard InChI is InChI=1S/C10H7BrF5NO/c1-17(4-10(14,15)16)9(18)8-6(12)2-5(11)3-7(8)13/h2-3H,4H2,1H3. The molecule has 0 aliphatic carbocycles. The summed E-state index contributed by atoms with van der Waals surface area (Å²) < 4.78 is 62.9. The van der Waals surface area contributed by atoms with Crippen molar-refractivity contribution in [2.75, 3.05) is 13.6 Å². The first-order valence-electron chi connectivity index (χ1n) is 4.58. The lowest BCUT2D eigenvalue weighted by Gasteiger charge is -2.19. The zero-order valence-electron chi connectivity index (χ0n) is 8.99. The monoisotopic (exact) mass is 331 g/mol. The van der Waals surface area contributed by atoms with Gasteiger partial charge in [-0.15, -0.1) is 0 Å². The first-order chi connectivity index (χ1) is 8.11. The van der Waals surface area contributed by atoms with Crippen LogP contribution in [0.4, 0.5) is 22.0 Å². The smallest absolute Gasteiger partial charge is 0.332 e. The minimum atomic E-state index is -4.63. The van der Waals surface area contributed by atoms with Crippen LogP contribution in [0.25, 0.3) is 0 Å². The van der Waals surface area contributed by atoms with Crippen LogP contribution < -0.4 is 0 Å². The molecule has 0 spiro atoms. The van der Waals surface area contributed by atoms with Gasteiger partial charge in [-0.2, -0.15) is 13.2 Å². The fraction of sp³-hybridized carbons (Fsp3) is 0.300. The lowest BCUT2D eigenvalue weighted by Crippen LogP contribution is -2.36. The van der Waals surface area contributed by atoms with Crippen molar-refractivity contribution < 1.29 is 26.7 Å². The van der Waals surface area contributed by atoms with Gasteiger partial charge in [0, 0.05) is 11.5 Å². The number of hydrogen-bond acceptors (Lipinski definition) is 1. The van der Waals surface area contributed by atoms with E-state index in [2.05, 4.69) is 15.9 Å². The van der Waals surface area contributed by atoms with Crippen molar-refractivity contribution >= 4 is 21.8 Å². The summed E-state index contributed by atoms with van der Waals surface area (Å²) in [6, 6.07) is 1.61. The number of halogens is 6. The maximum atomic E-state index is 13.4. The SMILES string of the molecule is CN(CC(F)(F)F)C(=O)c1c(F)cc(Br)cc1F. The Labute approximate surface area is 108 Å². The van der Waals surface area contributed by atoms with E-state index in [1.807, 2.05) is 0 Å². The van der Waals surface area contributed by atoms with E-state index in [1.54, 1.807) is 0 Å². The Morgan fingerprint density at radius 3 is 2.11 bits per heavy atom. The first kappa shape index (κ1) is 14.9. The first-order valence-corrected chi connectivity index (χ1v) is 5.38. The topological polar surface area (TPSA) is 20.3 Å². The lowest BCUT2D eigenvalue weighted by atomic mass is 10.1. The molecule has 1 rings (SSSR count). The molecule has 0 aromatic heterocycles. The van der Waals surface area contributed by atoms with E-state index in [0.29, 0.717) is 0 Å². The second-order valence-corrected chi connectivity index (χ2v) is 4.44. The minimum absolute atomic E-state index is 0.0486. The third-order valence-electron chi connectivity index (χ3n) is 1.98. The summed E-state index contributed by atoms with van der Waals surface area (Å²) in [5, 5.41) is 0. The van der Waals surface area contributed by atoms with Gasteiger partial charge < -0.3 is 4.90 Å². The van der Waals surface area contributed by atoms with E-state index in [4.69, 9.17) is 0 Å². The highest BCUT2D eigenvalue weighted by molar-refractivity contribution is 9.10. The predicted octanol–water partition coefficient (Wildman–Crippen LogP) is 3.36. The van der Waals surface area contributed by atoms with Gasteiger partial charge in [-0.05, 0) is 12.1 Å². The molecule has 0 atom stereocenters. The molecule has 0 unspecified atom stereocenters. The summed E-state index contributed by atoms with van der Waals surface area (Å²) in [6.45, 7) is -1.58. The van der Waals surface area contributed by atoms with Crippen LogP contribution >= 0.6 is 15.9 Å². The highest BCUT2D eigenvalue weighted by atomic mass is 79.9. The van der Waals surface area contributed by atoms with Crippen LogP contribution in [-0.4, -0.2) is 30.6 Å². The third-order valence-corrected chi connectivity index (χ3v) is 2.44. The van der Waals surface area contributed by atoms with Crippen LogP contribution in [0.1, 0.15) is 10.4 Å². The number of carbonyl (C=O) groups excluding carboxylic acids is 1. The fourth-order valence-electron chi connectivity index (χ4n) is 1.28. The van der Waals surface area contributed by atoms with Crippen LogP contribution in [0.3, 0.4) is 0 Å². The van der Waals surface area contributed by atoms with E-state index in [-0.39, 0.29) is 9.37 Å². The highest BCUT2D eigenvalue weighted by Gasteiger charge is 2.33. The zero-order valence-corrected chi connectivity index (χ0v) is 10.6. The summed E-state index contributed by atoms with van der Waals surface area (Å²) in [7, 11) is 0.816. The fourth-order valence-corrected chi connectivity index (χ4v) is 1.68. The average molecular weight is 332 g/mol. The molecule has 0 radical (unpaired) electrons. The van der Waals surface area contributed by atoms with E-state index in [0.717, 1.165) is 19.2 Å². The van der Waals surface area contributed by atoms with Gasteiger partial charge in [0.05, 0.1) is 0 Å². The summed E-state index contributed by atoms with van der Waals surface area (Å²) >= 11 is 2.80. The largest absolute Gasteiger partial charge is 0.406 e. The number of rotatable bonds is 2. The van der Waals surface area contributed by atoms with Crippen molar-refractivity contribution in [2.45, 2.75) is 6.18 Å². The van der Waals surface area contributed by atoms with Crippen LogP contribution in [-0.2, 0) is 0 Å². The number of carbonyl (C=O) groups is 1. The molecular weight excluding hydrogens is 325 g/mol. The second-order valence-electron chi connectivity index (χ2n) is 3.52. The summed E-state index contributed by atoms with van der Waals surface area (Å²) in [5.74, 6) is -3.81. The Kier molecular flexibility index (Phi) is 4.31. The van der Waals surface area contributed by atoms with Gasteiger partial charge in [0.1, 0.15) is 23.7 Å². The Morgan fingerprint density at radius 2 is 1.72 bits per heavy atom. The molecule has 1 aromatic rings. The van der Waals surface area contributed by atoms with Gasteiger partial charge in [0.25, 0.3) is 5.91 Å². The van der Waals surface area contributed by atoms with E-state index in [9.17, 15) is 26.7 Å². The Bertz CT molecular complexity index is 451. The summed E-state index contributed by atoms with van der Waals surface area (Å²) in [4.78, 5) is 11.7. The molecule has 0 saturated carbocycles. The van der Waals surface area contributed by atoms with E-state index < -0.39 is 35.8 Å². The maximum absolute atomic E-state index is 13.4. The van der Waals surface area contributed by atoms with Gasteiger partial charge in [-0.3, -0.25) is 4.79 Å². The number of amides is 1. The predicted molar refractivity (Wildman–Crippen MR) is 57.1 cm³/mol. The van der Waals surface area contributed by atoms with Crippen LogP contribution in [0.2, 0.25) is 0 Å². The molecule has 0 fully saturated rings. The van der Waals surface area contributed by atoms with Crippen LogP contribution in [0, 0.1) is 11.6 Å². The van der Waals surface area contributed by atoms with Gasteiger partial charge in [0.2, 0.25) is 0 Å². The molecule has 0 N–H and O–H groups in total. The number of alkyl halides is 3. The van der Waals surface area contributed by atoms with Crippen molar-refractivity contribution in [2.24, 2.45) is 0 Å². The molecule has 0 bridgehead atoms. The molecular formula is C10H7BrF5NO. The van der Waals surface area contributed by atoms with Crippen molar-refractivity contribution in [1.82, 2.24) is 4.90 Å².